The van der Waals surface area contributed by atoms with Crippen molar-refractivity contribution in [2.75, 3.05) is 26.2 Å². The Morgan fingerprint density at radius 1 is 0.650 bits per heavy atom. The first-order valence-corrected chi connectivity index (χ1v) is 8.05. The van der Waals surface area contributed by atoms with Crippen molar-refractivity contribution in [3.63, 3.8) is 0 Å². The fourth-order valence-electron chi connectivity index (χ4n) is 2.31. The maximum Gasteiger partial charge on any atom is 0.119 e. The molecule has 4 nitrogen and oxygen atoms in total. The minimum Gasteiger partial charge on any atom is -0.395 e. The number of nitrogens with zero attached hydrogens (tertiary/aromatic N) is 1. The molecule has 118 valence electrons. The molecule has 0 aromatic heterocycles. The van der Waals surface area contributed by atoms with Gasteiger partial charge in [0, 0.05) is 19.4 Å². The molecule has 1 N–H and O–H groups in total. The van der Waals surface area contributed by atoms with Crippen LogP contribution in [0.15, 0.2) is 0 Å². The third-order valence-electron chi connectivity index (χ3n) is 3.51. The number of carbonyl (C=O) groups is 2. The van der Waals surface area contributed by atoms with E-state index in [0.29, 0.717) is 12.8 Å². The SMILES string of the molecule is O=CCCCCCCCN(CCO)CCCCCC=O. The van der Waals surface area contributed by atoms with Crippen molar-refractivity contribution in [1.82, 2.24) is 4.90 Å². The Morgan fingerprint density at radius 2 is 1.10 bits per heavy atom. The molecule has 20 heavy (non-hydrogen) atoms. The van der Waals surface area contributed by atoms with Gasteiger partial charge in [0.05, 0.1) is 6.61 Å². The normalized spacial score (nSPS) is 10.9. The summed E-state index contributed by atoms with van der Waals surface area (Å²) < 4.78 is 0. The summed E-state index contributed by atoms with van der Waals surface area (Å²) in [4.78, 5) is 22.7. The lowest BCUT2D eigenvalue weighted by Gasteiger charge is -2.21. The second kappa shape index (κ2) is 16.3. The van der Waals surface area contributed by atoms with Crippen molar-refractivity contribution in [2.24, 2.45) is 0 Å². The number of hydrogen-bond acceptors (Lipinski definition) is 4. The predicted octanol–water partition coefficient (Wildman–Crippen LogP) is 2.58. The molecule has 0 unspecified atom stereocenters. The lowest BCUT2D eigenvalue weighted by Crippen LogP contribution is -2.29. The van der Waals surface area contributed by atoms with Gasteiger partial charge >= 0.3 is 0 Å². The van der Waals surface area contributed by atoms with Gasteiger partial charge in [0.2, 0.25) is 0 Å². The smallest absolute Gasteiger partial charge is 0.119 e. The summed E-state index contributed by atoms with van der Waals surface area (Å²) in [6, 6.07) is 0. The van der Waals surface area contributed by atoms with Gasteiger partial charge in [-0.2, -0.15) is 0 Å². The fourth-order valence-corrected chi connectivity index (χ4v) is 2.31. The van der Waals surface area contributed by atoms with E-state index in [1.54, 1.807) is 0 Å². The highest BCUT2D eigenvalue weighted by molar-refractivity contribution is 5.49. The zero-order valence-corrected chi connectivity index (χ0v) is 12.8. The van der Waals surface area contributed by atoms with E-state index in [2.05, 4.69) is 4.90 Å². The van der Waals surface area contributed by atoms with Crippen molar-refractivity contribution in [2.45, 2.75) is 64.2 Å². The number of aliphatic hydroxyl groups excluding tert-OH is 1. The lowest BCUT2D eigenvalue weighted by atomic mass is 10.1. The van der Waals surface area contributed by atoms with Crippen molar-refractivity contribution >= 4 is 12.6 Å². The molecule has 4 heteroatoms. The average Bonchev–Trinajstić information content (AvgIpc) is 2.46. The molecule has 0 bridgehead atoms. The summed E-state index contributed by atoms with van der Waals surface area (Å²) in [5.41, 5.74) is 0. The van der Waals surface area contributed by atoms with Gasteiger partial charge in [-0.3, -0.25) is 0 Å². The maximum absolute atomic E-state index is 10.2. The Balaban J connectivity index is 3.48. The molecule has 0 atom stereocenters. The zero-order valence-electron chi connectivity index (χ0n) is 12.8. The van der Waals surface area contributed by atoms with E-state index in [-0.39, 0.29) is 6.61 Å². The highest BCUT2D eigenvalue weighted by atomic mass is 16.3. The molecule has 0 aromatic carbocycles. The van der Waals surface area contributed by atoms with E-state index >= 15 is 0 Å². The van der Waals surface area contributed by atoms with Crippen LogP contribution < -0.4 is 0 Å². The Hall–Kier alpha value is -0.740. The topological polar surface area (TPSA) is 57.6 Å². The number of aliphatic hydroxyl groups is 1. The summed E-state index contributed by atoms with van der Waals surface area (Å²) in [7, 11) is 0. The van der Waals surface area contributed by atoms with E-state index in [0.717, 1.165) is 70.7 Å². The van der Waals surface area contributed by atoms with Gasteiger partial charge in [-0.25, -0.2) is 0 Å². The summed E-state index contributed by atoms with van der Waals surface area (Å²) in [6.07, 6.45) is 12.2. The summed E-state index contributed by atoms with van der Waals surface area (Å²) in [6.45, 7) is 3.03. The third kappa shape index (κ3) is 13.7. The minimum absolute atomic E-state index is 0.216. The minimum atomic E-state index is 0.216. The summed E-state index contributed by atoms with van der Waals surface area (Å²) in [5, 5.41) is 9.06. The quantitative estimate of drug-likeness (QED) is 0.350. The molecule has 0 rings (SSSR count). The van der Waals surface area contributed by atoms with Crippen molar-refractivity contribution in [3.05, 3.63) is 0 Å². The number of unbranched alkanes of at least 4 members (excludes halogenated alkanes) is 8. The van der Waals surface area contributed by atoms with Gasteiger partial charge < -0.3 is 19.6 Å². The van der Waals surface area contributed by atoms with Crippen LogP contribution in [0.1, 0.15) is 64.2 Å². The van der Waals surface area contributed by atoms with Crippen LogP contribution >= 0.6 is 0 Å². The molecule has 0 aromatic rings. The van der Waals surface area contributed by atoms with Crippen molar-refractivity contribution in [3.8, 4) is 0 Å². The predicted molar refractivity (Wildman–Crippen MR) is 81.8 cm³/mol. The first-order valence-electron chi connectivity index (χ1n) is 8.05. The highest BCUT2D eigenvalue weighted by Crippen LogP contribution is 2.07. The molecule has 0 saturated carbocycles. The number of rotatable bonds is 16. The van der Waals surface area contributed by atoms with E-state index in [9.17, 15) is 9.59 Å². The summed E-state index contributed by atoms with van der Waals surface area (Å²) >= 11 is 0. The number of carbonyl (C=O) groups excluding carboxylic acids is 2. The Kier molecular flexibility index (Phi) is 15.7. The van der Waals surface area contributed by atoms with Gasteiger partial charge in [-0.1, -0.05) is 25.7 Å². The standard InChI is InChI=1S/C16H31NO3/c18-14-9-5-2-1-3-7-11-17(13-16-20)12-8-4-6-10-15-19/h14-15,20H,1-13,16H2. The van der Waals surface area contributed by atoms with Gasteiger partial charge in [-0.15, -0.1) is 0 Å². The van der Waals surface area contributed by atoms with Crippen LogP contribution in [0.5, 0.6) is 0 Å². The monoisotopic (exact) mass is 285 g/mol. The third-order valence-corrected chi connectivity index (χ3v) is 3.51. The Morgan fingerprint density at radius 3 is 1.60 bits per heavy atom. The van der Waals surface area contributed by atoms with Crippen LogP contribution in [-0.2, 0) is 9.59 Å². The van der Waals surface area contributed by atoms with E-state index in [4.69, 9.17) is 5.11 Å². The van der Waals surface area contributed by atoms with Gasteiger partial charge in [0.15, 0.2) is 0 Å². The molecular weight excluding hydrogens is 254 g/mol. The highest BCUT2D eigenvalue weighted by Gasteiger charge is 2.03. The molecule has 0 spiro atoms. The molecule has 0 fully saturated rings. The van der Waals surface area contributed by atoms with Crippen LogP contribution in [0, 0.1) is 0 Å². The van der Waals surface area contributed by atoms with Crippen LogP contribution in [-0.4, -0.2) is 48.8 Å². The second-order valence-electron chi connectivity index (χ2n) is 5.30. The number of aldehydes is 2. The molecule has 0 aliphatic rings. The van der Waals surface area contributed by atoms with E-state index in [1.165, 1.54) is 12.8 Å². The van der Waals surface area contributed by atoms with Crippen molar-refractivity contribution < 1.29 is 14.7 Å². The van der Waals surface area contributed by atoms with E-state index < -0.39 is 0 Å². The Labute approximate surface area is 123 Å². The van der Waals surface area contributed by atoms with Gasteiger partial charge in [0.25, 0.3) is 0 Å². The van der Waals surface area contributed by atoms with Crippen LogP contribution in [0.4, 0.5) is 0 Å². The Bertz CT molecular complexity index is 222. The van der Waals surface area contributed by atoms with Crippen LogP contribution in [0.2, 0.25) is 0 Å². The maximum atomic E-state index is 10.2. The zero-order chi connectivity index (χ0) is 14.9. The fraction of sp³-hybridized carbons (Fsp3) is 0.875. The van der Waals surface area contributed by atoms with E-state index in [1.807, 2.05) is 0 Å². The van der Waals surface area contributed by atoms with Crippen LogP contribution in [0.3, 0.4) is 0 Å². The summed E-state index contributed by atoms with van der Waals surface area (Å²) in [5.74, 6) is 0. The lowest BCUT2D eigenvalue weighted by molar-refractivity contribution is -0.108. The molecule has 0 aliphatic carbocycles. The van der Waals surface area contributed by atoms with Crippen LogP contribution in [0.25, 0.3) is 0 Å². The molecular formula is C16H31NO3. The van der Waals surface area contributed by atoms with Gasteiger partial charge in [-0.05, 0) is 38.8 Å². The second-order valence-corrected chi connectivity index (χ2v) is 5.30. The molecule has 0 radical (unpaired) electrons. The first-order chi connectivity index (χ1) is 9.85. The average molecular weight is 285 g/mol. The first kappa shape index (κ1) is 19.3. The number of hydrogen-bond donors (Lipinski definition) is 1. The molecule has 0 saturated heterocycles. The van der Waals surface area contributed by atoms with Crippen molar-refractivity contribution in [1.29, 1.82) is 0 Å². The molecule has 0 amide bonds. The molecule has 0 heterocycles. The molecule has 0 aliphatic heterocycles. The van der Waals surface area contributed by atoms with Gasteiger partial charge in [0.1, 0.15) is 12.6 Å². The largest absolute Gasteiger partial charge is 0.395 e.